The number of hydroxylamine groups is 1. The predicted octanol–water partition coefficient (Wildman–Crippen LogP) is 2.70. The Morgan fingerprint density at radius 1 is 1.20 bits per heavy atom. The fourth-order valence-electron chi connectivity index (χ4n) is 1.46. The molecule has 0 saturated carbocycles. The number of carboxylic acid groups (broad SMARTS) is 1. The molecule has 104 valence electrons. The maximum atomic E-state index is 11.5. The van der Waals surface area contributed by atoms with Gasteiger partial charge in [0.05, 0.1) is 12.2 Å². The van der Waals surface area contributed by atoms with E-state index in [1.807, 2.05) is 30.3 Å². The molecule has 0 fully saturated rings. The smallest absolute Gasteiger partial charge is 0.343 e. The highest BCUT2D eigenvalue weighted by atomic mass is 32.1. The fraction of sp³-hybridized carbons (Fsp3) is 0.0769. The predicted molar refractivity (Wildman–Crippen MR) is 74.7 cm³/mol. The molecule has 0 bridgehead atoms. The van der Waals surface area contributed by atoms with E-state index in [1.165, 1.54) is 6.07 Å². The number of hydrogen-bond acceptors (Lipinski definition) is 4. The molecule has 6 nitrogen and oxygen atoms in total. The van der Waals surface area contributed by atoms with E-state index in [2.05, 4.69) is 10.8 Å². The van der Waals surface area contributed by atoms with Crippen LogP contribution in [0, 0.1) is 0 Å². The minimum Gasteiger partial charge on any atom is -0.478 e. The number of urea groups is 1. The Balaban J connectivity index is 1.81. The molecule has 0 aliphatic rings. The molecule has 0 saturated heterocycles. The van der Waals surface area contributed by atoms with Gasteiger partial charge in [-0.1, -0.05) is 30.3 Å². The van der Waals surface area contributed by atoms with Gasteiger partial charge < -0.3 is 5.11 Å². The van der Waals surface area contributed by atoms with Gasteiger partial charge in [-0.25, -0.2) is 15.1 Å². The van der Waals surface area contributed by atoms with Crippen LogP contribution in [-0.4, -0.2) is 17.1 Å². The molecule has 1 aromatic heterocycles. The Hall–Kier alpha value is -2.38. The summed E-state index contributed by atoms with van der Waals surface area (Å²) >= 11 is 1.13. The highest BCUT2D eigenvalue weighted by Crippen LogP contribution is 2.22. The first-order chi connectivity index (χ1) is 9.66. The zero-order chi connectivity index (χ0) is 14.4. The summed E-state index contributed by atoms with van der Waals surface area (Å²) in [7, 11) is 0. The van der Waals surface area contributed by atoms with Gasteiger partial charge in [0.1, 0.15) is 5.00 Å². The van der Waals surface area contributed by atoms with Crippen LogP contribution in [-0.2, 0) is 11.4 Å². The molecule has 3 N–H and O–H groups in total. The second-order valence-corrected chi connectivity index (χ2v) is 4.72. The van der Waals surface area contributed by atoms with Gasteiger partial charge in [-0.15, -0.1) is 11.3 Å². The third kappa shape index (κ3) is 3.81. The minimum absolute atomic E-state index is 0.0493. The molecule has 2 amide bonds. The average molecular weight is 292 g/mol. The summed E-state index contributed by atoms with van der Waals surface area (Å²) in [5.41, 5.74) is 3.16. The van der Waals surface area contributed by atoms with Crippen LogP contribution in [0.15, 0.2) is 41.8 Å². The number of nitrogens with one attached hydrogen (secondary N) is 2. The van der Waals surface area contributed by atoms with E-state index in [-0.39, 0.29) is 17.2 Å². The Morgan fingerprint density at radius 2 is 1.95 bits per heavy atom. The van der Waals surface area contributed by atoms with E-state index in [0.717, 1.165) is 16.9 Å². The number of thiophene rings is 1. The van der Waals surface area contributed by atoms with Gasteiger partial charge in [0.2, 0.25) is 0 Å². The first-order valence-electron chi connectivity index (χ1n) is 5.70. The Bertz CT molecular complexity index is 597. The molecule has 0 aliphatic heterocycles. The molecule has 20 heavy (non-hydrogen) atoms. The number of hydrogen-bond donors (Lipinski definition) is 3. The van der Waals surface area contributed by atoms with Gasteiger partial charge in [-0.3, -0.25) is 10.2 Å². The van der Waals surface area contributed by atoms with Crippen molar-refractivity contribution in [3.63, 3.8) is 0 Å². The van der Waals surface area contributed by atoms with Crippen LogP contribution in [0.3, 0.4) is 0 Å². The second-order valence-electron chi connectivity index (χ2n) is 3.80. The van der Waals surface area contributed by atoms with Crippen molar-refractivity contribution in [1.29, 1.82) is 0 Å². The van der Waals surface area contributed by atoms with Gasteiger partial charge in [0.25, 0.3) is 0 Å². The summed E-state index contributed by atoms with van der Waals surface area (Å²) in [5.74, 6) is -1.09. The van der Waals surface area contributed by atoms with Gasteiger partial charge in [0.15, 0.2) is 0 Å². The molecule has 1 heterocycles. The van der Waals surface area contributed by atoms with E-state index in [4.69, 9.17) is 9.94 Å². The monoisotopic (exact) mass is 292 g/mol. The van der Waals surface area contributed by atoms with Crippen molar-refractivity contribution in [2.24, 2.45) is 0 Å². The molecular formula is C13H12N2O4S. The lowest BCUT2D eigenvalue weighted by atomic mass is 10.2. The van der Waals surface area contributed by atoms with E-state index in [0.29, 0.717) is 0 Å². The first-order valence-corrected chi connectivity index (χ1v) is 6.58. The lowest BCUT2D eigenvalue weighted by molar-refractivity contribution is 0.0536. The number of carbonyl (C=O) groups is 2. The third-order valence-electron chi connectivity index (χ3n) is 2.37. The summed E-state index contributed by atoms with van der Waals surface area (Å²) in [5, 5.41) is 13.2. The molecule has 0 spiro atoms. The number of anilines is 1. The van der Waals surface area contributed by atoms with Crippen LogP contribution in [0.5, 0.6) is 0 Å². The SMILES string of the molecule is O=C(NOCc1ccccc1)Nc1sccc1C(=O)O. The van der Waals surface area contributed by atoms with E-state index in [1.54, 1.807) is 5.38 Å². The molecule has 0 radical (unpaired) electrons. The Labute approximate surface area is 119 Å². The summed E-state index contributed by atoms with van der Waals surface area (Å²) in [6, 6.07) is 10.1. The average Bonchev–Trinajstić information content (AvgIpc) is 2.88. The molecule has 7 heteroatoms. The molecule has 0 aliphatic carbocycles. The van der Waals surface area contributed by atoms with Crippen molar-refractivity contribution in [3.05, 3.63) is 52.9 Å². The van der Waals surface area contributed by atoms with Crippen LogP contribution < -0.4 is 10.8 Å². The molecule has 1 aromatic carbocycles. The molecule has 0 atom stereocenters. The molecule has 2 rings (SSSR count). The summed E-state index contributed by atoms with van der Waals surface area (Å²) < 4.78 is 0. The zero-order valence-electron chi connectivity index (χ0n) is 10.3. The first kappa shape index (κ1) is 14.0. The summed E-state index contributed by atoms with van der Waals surface area (Å²) in [6.45, 7) is 0.227. The van der Waals surface area contributed by atoms with Crippen molar-refractivity contribution in [1.82, 2.24) is 5.48 Å². The lowest BCUT2D eigenvalue weighted by Gasteiger charge is -2.07. The van der Waals surface area contributed by atoms with Crippen LogP contribution in [0.25, 0.3) is 0 Å². The van der Waals surface area contributed by atoms with E-state index < -0.39 is 12.0 Å². The minimum atomic E-state index is -1.09. The van der Waals surface area contributed by atoms with E-state index >= 15 is 0 Å². The number of carbonyl (C=O) groups excluding carboxylic acids is 1. The number of benzene rings is 1. The van der Waals surface area contributed by atoms with Crippen molar-refractivity contribution in [2.45, 2.75) is 6.61 Å². The van der Waals surface area contributed by atoms with Gasteiger partial charge in [0, 0.05) is 0 Å². The van der Waals surface area contributed by atoms with Crippen molar-refractivity contribution >= 4 is 28.3 Å². The van der Waals surface area contributed by atoms with Gasteiger partial charge >= 0.3 is 12.0 Å². The largest absolute Gasteiger partial charge is 0.478 e. The number of amides is 2. The maximum absolute atomic E-state index is 11.5. The quantitative estimate of drug-likeness (QED) is 0.739. The van der Waals surface area contributed by atoms with Crippen molar-refractivity contribution < 1.29 is 19.5 Å². The normalized spacial score (nSPS) is 10.0. The third-order valence-corrected chi connectivity index (χ3v) is 3.20. The van der Waals surface area contributed by atoms with Gasteiger partial charge in [-0.05, 0) is 17.0 Å². The summed E-state index contributed by atoms with van der Waals surface area (Å²) in [6.07, 6.45) is 0. The zero-order valence-corrected chi connectivity index (χ0v) is 11.1. The van der Waals surface area contributed by atoms with Crippen molar-refractivity contribution in [3.8, 4) is 0 Å². The van der Waals surface area contributed by atoms with Crippen LogP contribution in [0.2, 0.25) is 0 Å². The van der Waals surface area contributed by atoms with Gasteiger partial charge in [-0.2, -0.15) is 0 Å². The van der Waals surface area contributed by atoms with Crippen LogP contribution >= 0.6 is 11.3 Å². The molecular weight excluding hydrogens is 280 g/mol. The molecule has 0 unspecified atom stereocenters. The standard InChI is InChI=1S/C13H12N2O4S/c16-12(17)10-6-7-20-11(10)14-13(18)15-19-8-9-4-2-1-3-5-9/h1-7H,8H2,(H,16,17)(H2,14,15,18). The topological polar surface area (TPSA) is 87.7 Å². The fourth-order valence-corrected chi connectivity index (χ4v) is 2.24. The second kappa shape index (κ2) is 6.69. The maximum Gasteiger partial charge on any atom is 0.343 e. The Morgan fingerprint density at radius 3 is 2.65 bits per heavy atom. The highest BCUT2D eigenvalue weighted by molar-refractivity contribution is 7.14. The number of rotatable bonds is 5. The highest BCUT2D eigenvalue weighted by Gasteiger charge is 2.13. The summed E-state index contributed by atoms with van der Waals surface area (Å²) in [4.78, 5) is 27.4. The Kier molecular flexibility index (Phi) is 4.70. The number of aromatic carboxylic acids is 1. The molecule has 2 aromatic rings. The lowest BCUT2D eigenvalue weighted by Crippen LogP contribution is -2.28. The van der Waals surface area contributed by atoms with Crippen LogP contribution in [0.1, 0.15) is 15.9 Å². The van der Waals surface area contributed by atoms with E-state index in [9.17, 15) is 9.59 Å². The number of carboxylic acids is 1. The van der Waals surface area contributed by atoms with Crippen molar-refractivity contribution in [2.75, 3.05) is 5.32 Å². The van der Waals surface area contributed by atoms with Crippen LogP contribution in [0.4, 0.5) is 9.80 Å².